The fourth-order valence-corrected chi connectivity index (χ4v) is 1.32. The van der Waals surface area contributed by atoms with Gasteiger partial charge in [-0.25, -0.2) is 8.93 Å². The van der Waals surface area contributed by atoms with Crippen molar-refractivity contribution in [2.24, 2.45) is 5.92 Å². The van der Waals surface area contributed by atoms with Gasteiger partial charge in [0.2, 0.25) is 11.3 Å². The highest BCUT2D eigenvalue weighted by molar-refractivity contribution is 7.77. The van der Waals surface area contributed by atoms with E-state index in [0.29, 0.717) is 12.5 Å². The molecule has 0 bridgehead atoms. The fraction of sp³-hybridized carbons (Fsp3) is 1.00. The first-order valence-electron chi connectivity index (χ1n) is 4.01. The van der Waals surface area contributed by atoms with E-state index < -0.39 is 11.3 Å². The Bertz CT molecular complexity index is 119. The summed E-state index contributed by atoms with van der Waals surface area (Å²) in [5, 5.41) is 0. The average molecular weight is 179 g/mol. The number of nitrogens with one attached hydrogen (secondary N) is 1. The maximum atomic E-state index is 10.1. The molecule has 3 nitrogen and oxygen atoms in total. The molecule has 0 radical (unpaired) electrons. The van der Waals surface area contributed by atoms with Crippen LogP contribution in [0.3, 0.4) is 0 Å². The Kier molecular flexibility index (Phi) is 6.80. The lowest BCUT2D eigenvalue weighted by molar-refractivity contribution is 0.477. The zero-order chi connectivity index (χ0) is 8.69. The summed E-state index contributed by atoms with van der Waals surface area (Å²) in [7, 11) is 0. The molecule has 2 N–H and O–H groups in total. The smallest absolute Gasteiger partial charge is 0.231 e. The Morgan fingerprint density at radius 2 is 2.18 bits per heavy atom. The van der Waals surface area contributed by atoms with Crippen LogP contribution in [0.15, 0.2) is 0 Å². The molecule has 0 heterocycles. The molecule has 2 unspecified atom stereocenters. The van der Waals surface area contributed by atoms with E-state index >= 15 is 0 Å². The highest BCUT2D eigenvalue weighted by Gasteiger charge is 2.00. The Balaban J connectivity index is 3.16. The summed E-state index contributed by atoms with van der Waals surface area (Å²) in [4.78, 5) is 0. The van der Waals surface area contributed by atoms with Crippen molar-refractivity contribution in [1.82, 2.24) is 4.72 Å². The van der Waals surface area contributed by atoms with Gasteiger partial charge in [0.15, 0.2) is 0 Å². The van der Waals surface area contributed by atoms with Crippen LogP contribution in [0.4, 0.5) is 0 Å². The molecule has 0 saturated heterocycles. The fourth-order valence-electron chi connectivity index (χ4n) is 1.03. The standard InChI is InChI=1S/C7H17NO2S/c1-3-4-7(2)5-6-8-11(9)10/h7-8H,3-6H2,1-2H3,(H,9,10). The molecule has 0 aliphatic heterocycles. The Labute approximate surface area is 71.0 Å². The summed E-state index contributed by atoms with van der Waals surface area (Å²) in [6.07, 6.45) is 3.35. The van der Waals surface area contributed by atoms with Crippen molar-refractivity contribution >= 4 is 11.3 Å². The molecule has 0 rings (SSSR count). The predicted octanol–water partition coefficient (Wildman–Crippen LogP) is 1.54. The lowest BCUT2D eigenvalue weighted by Gasteiger charge is -2.08. The van der Waals surface area contributed by atoms with Crippen LogP contribution in [-0.2, 0) is 11.3 Å². The number of hydrogen-bond acceptors (Lipinski definition) is 1. The summed E-state index contributed by atoms with van der Waals surface area (Å²) in [6, 6.07) is 0. The molecule has 68 valence electrons. The van der Waals surface area contributed by atoms with Crippen molar-refractivity contribution in [2.45, 2.75) is 33.1 Å². The van der Waals surface area contributed by atoms with Gasteiger partial charge >= 0.3 is 0 Å². The second-order valence-electron chi connectivity index (χ2n) is 2.83. The third-order valence-electron chi connectivity index (χ3n) is 1.64. The van der Waals surface area contributed by atoms with Crippen molar-refractivity contribution in [3.05, 3.63) is 0 Å². The number of hydrogen-bond donors (Lipinski definition) is 2. The summed E-state index contributed by atoms with van der Waals surface area (Å²) >= 11 is -1.84. The first-order chi connectivity index (χ1) is 5.16. The van der Waals surface area contributed by atoms with Crippen LogP contribution in [0, 0.1) is 5.92 Å². The van der Waals surface area contributed by atoms with Crippen molar-refractivity contribution in [2.75, 3.05) is 6.54 Å². The highest BCUT2D eigenvalue weighted by Crippen LogP contribution is 2.08. The van der Waals surface area contributed by atoms with E-state index in [9.17, 15) is 4.21 Å². The van der Waals surface area contributed by atoms with Crippen LogP contribution in [-0.4, -0.2) is 15.3 Å². The van der Waals surface area contributed by atoms with Crippen LogP contribution < -0.4 is 4.72 Å². The maximum Gasteiger partial charge on any atom is 0.231 e. The van der Waals surface area contributed by atoms with Crippen molar-refractivity contribution in [3.8, 4) is 0 Å². The van der Waals surface area contributed by atoms with Gasteiger partial charge in [0.25, 0.3) is 0 Å². The van der Waals surface area contributed by atoms with Gasteiger partial charge in [-0.3, -0.25) is 4.55 Å². The molecule has 0 amide bonds. The quantitative estimate of drug-likeness (QED) is 0.608. The van der Waals surface area contributed by atoms with E-state index in [4.69, 9.17) is 4.55 Å². The first-order valence-corrected chi connectivity index (χ1v) is 5.11. The van der Waals surface area contributed by atoms with Crippen LogP contribution >= 0.6 is 0 Å². The molecule has 4 heteroatoms. The normalized spacial score (nSPS) is 16.3. The van der Waals surface area contributed by atoms with E-state index in [0.717, 1.165) is 6.42 Å². The third kappa shape index (κ3) is 7.97. The minimum Gasteiger partial charge on any atom is -0.294 e. The molecule has 2 atom stereocenters. The van der Waals surface area contributed by atoms with Gasteiger partial charge in [0.05, 0.1) is 0 Å². The minimum atomic E-state index is -1.84. The van der Waals surface area contributed by atoms with Gasteiger partial charge in [0.1, 0.15) is 0 Å². The summed E-state index contributed by atoms with van der Waals surface area (Å²) in [6.45, 7) is 4.93. The highest BCUT2D eigenvalue weighted by atomic mass is 32.2. The minimum absolute atomic E-state index is 0.629. The zero-order valence-electron chi connectivity index (χ0n) is 7.17. The summed E-state index contributed by atoms with van der Waals surface area (Å²) < 4.78 is 21.0. The van der Waals surface area contributed by atoms with E-state index in [1.165, 1.54) is 12.8 Å². The second kappa shape index (κ2) is 6.76. The van der Waals surface area contributed by atoms with E-state index in [1.54, 1.807) is 0 Å². The van der Waals surface area contributed by atoms with Crippen molar-refractivity contribution in [3.63, 3.8) is 0 Å². The molecular weight excluding hydrogens is 162 g/mol. The van der Waals surface area contributed by atoms with Crippen LogP contribution in [0.25, 0.3) is 0 Å². The molecule has 0 saturated carbocycles. The molecule has 0 spiro atoms. The van der Waals surface area contributed by atoms with Gasteiger partial charge in [0, 0.05) is 6.54 Å². The monoisotopic (exact) mass is 179 g/mol. The van der Waals surface area contributed by atoms with E-state index in [1.807, 2.05) is 0 Å². The first kappa shape index (κ1) is 11.1. The molecule has 0 aromatic carbocycles. The molecular formula is C7H17NO2S. The van der Waals surface area contributed by atoms with Gasteiger partial charge in [-0.1, -0.05) is 26.7 Å². The lowest BCUT2D eigenvalue weighted by atomic mass is 10.0. The largest absolute Gasteiger partial charge is 0.294 e. The van der Waals surface area contributed by atoms with E-state index in [2.05, 4.69) is 18.6 Å². The lowest BCUT2D eigenvalue weighted by Crippen LogP contribution is -2.19. The molecule has 0 aromatic heterocycles. The SMILES string of the molecule is CCCC(C)CCNS(=O)O. The van der Waals surface area contributed by atoms with Gasteiger partial charge in [-0.15, -0.1) is 0 Å². The van der Waals surface area contributed by atoms with Crippen LogP contribution in [0.5, 0.6) is 0 Å². The van der Waals surface area contributed by atoms with Gasteiger partial charge in [-0.2, -0.15) is 0 Å². The van der Waals surface area contributed by atoms with Crippen LogP contribution in [0.2, 0.25) is 0 Å². The average Bonchev–Trinajstić information content (AvgIpc) is 1.87. The van der Waals surface area contributed by atoms with Gasteiger partial charge < -0.3 is 0 Å². The maximum absolute atomic E-state index is 10.1. The molecule has 0 aliphatic rings. The Morgan fingerprint density at radius 1 is 1.55 bits per heavy atom. The second-order valence-corrected chi connectivity index (χ2v) is 3.61. The third-order valence-corrected chi connectivity index (χ3v) is 2.10. The van der Waals surface area contributed by atoms with Crippen molar-refractivity contribution in [1.29, 1.82) is 0 Å². The molecule has 0 aromatic rings. The topological polar surface area (TPSA) is 49.3 Å². The summed E-state index contributed by atoms with van der Waals surface area (Å²) in [5.41, 5.74) is 0. The van der Waals surface area contributed by atoms with Gasteiger partial charge in [-0.05, 0) is 12.3 Å². The number of rotatable bonds is 6. The molecule has 11 heavy (non-hydrogen) atoms. The zero-order valence-corrected chi connectivity index (χ0v) is 7.99. The van der Waals surface area contributed by atoms with E-state index in [-0.39, 0.29) is 0 Å². The van der Waals surface area contributed by atoms with Crippen molar-refractivity contribution < 1.29 is 8.76 Å². The molecule has 0 fully saturated rings. The Hall–Kier alpha value is 0.0700. The van der Waals surface area contributed by atoms with Crippen LogP contribution in [0.1, 0.15) is 33.1 Å². The Morgan fingerprint density at radius 3 is 2.64 bits per heavy atom. The summed E-state index contributed by atoms with van der Waals surface area (Å²) in [5.74, 6) is 0.649. The molecule has 0 aliphatic carbocycles. The predicted molar refractivity (Wildman–Crippen MR) is 47.5 cm³/mol.